The minimum atomic E-state index is 0.168. The molecule has 0 aliphatic heterocycles. The minimum Gasteiger partial charge on any atom is -0.490 e. The molecular weight excluding hydrogens is 258 g/mol. The molecule has 0 spiro atoms. The van der Waals surface area contributed by atoms with Gasteiger partial charge in [-0.05, 0) is 42.4 Å². The first-order valence-electron chi connectivity index (χ1n) is 8.42. The third-order valence-corrected chi connectivity index (χ3v) is 5.96. The Kier molecular flexibility index (Phi) is 4.67. The minimum absolute atomic E-state index is 0.168. The summed E-state index contributed by atoms with van der Waals surface area (Å²) < 4.78 is 6.24. The summed E-state index contributed by atoms with van der Waals surface area (Å²) in [5.41, 5.74) is 8.02. The SMILES string of the molecule is CCC(C)(C)c1ccc(OC2CC(N)C2(CC)CC)cc1. The standard InChI is InChI=1S/C19H31NO/c1-6-18(4,5)14-9-11-15(12-10-14)21-17-13-16(20)19(17,7-2)8-3/h9-12,16-17H,6-8,13,20H2,1-5H3. The molecule has 1 saturated carbocycles. The van der Waals surface area contributed by atoms with Crippen LogP contribution in [0.25, 0.3) is 0 Å². The number of benzene rings is 1. The molecule has 2 heteroatoms. The number of ether oxygens (including phenoxy) is 1. The van der Waals surface area contributed by atoms with E-state index in [1.807, 2.05) is 0 Å². The summed E-state index contributed by atoms with van der Waals surface area (Å²) in [5, 5.41) is 0. The molecular formula is C19H31NO. The Labute approximate surface area is 130 Å². The van der Waals surface area contributed by atoms with Crippen molar-refractivity contribution in [2.45, 2.75) is 77.9 Å². The molecule has 2 N–H and O–H groups in total. The normalized spacial score (nSPS) is 24.5. The lowest BCUT2D eigenvalue weighted by atomic mass is 9.59. The van der Waals surface area contributed by atoms with E-state index in [-0.39, 0.29) is 23.0 Å². The van der Waals surface area contributed by atoms with Crippen LogP contribution in [-0.4, -0.2) is 12.1 Å². The van der Waals surface area contributed by atoms with E-state index in [1.165, 1.54) is 5.56 Å². The summed E-state index contributed by atoms with van der Waals surface area (Å²) in [6.45, 7) is 11.3. The maximum atomic E-state index is 6.24. The van der Waals surface area contributed by atoms with Crippen LogP contribution in [0, 0.1) is 5.41 Å². The van der Waals surface area contributed by atoms with Gasteiger partial charge in [-0.25, -0.2) is 0 Å². The molecule has 1 aliphatic rings. The largest absolute Gasteiger partial charge is 0.490 e. The summed E-state index contributed by atoms with van der Waals surface area (Å²) in [6, 6.07) is 8.93. The van der Waals surface area contributed by atoms with E-state index in [2.05, 4.69) is 58.9 Å². The number of hydrogen-bond acceptors (Lipinski definition) is 2. The molecule has 21 heavy (non-hydrogen) atoms. The summed E-state index contributed by atoms with van der Waals surface area (Å²) in [5.74, 6) is 0.980. The lowest BCUT2D eigenvalue weighted by Crippen LogP contribution is -2.62. The second-order valence-corrected chi connectivity index (χ2v) is 7.15. The van der Waals surface area contributed by atoms with Crippen LogP contribution in [-0.2, 0) is 5.41 Å². The Morgan fingerprint density at radius 3 is 2.14 bits per heavy atom. The van der Waals surface area contributed by atoms with Gasteiger partial charge in [-0.15, -0.1) is 0 Å². The Morgan fingerprint density at radius 1 is 1.14 bits per heavy atom. The maximum Gasteiger partial charge on any atom is 0.119 e. The van der Waals surface area contributed by atoms with Gasteiger partial charge in [0.1, 0.15) is 11.9 Å². The molecule has 0 saturated heterocycles. The van der Waals surface area contributed by atoms with Gasteiger partial charge in [0.15, 0.2) is 0 Å². The van der Waals surface area contributed by atoms with Crippen LogP contribution < -0.4 is 10.5 Å². The molecule has 0 bridgehead atoms. The van der Waals surface area contributed by atoms with Crippen LogP contribution in [0.4, 0.5) is 0 Å². The van der Waals surface area contributed by atoms with Gasteiger partial charge in [-0.1, -0.05) is 46.8 Å². The van der Waals surface area contributed by atoms with Crippen molar-refractivity contribution in [3.05, 3.63) is 29.8 Å². The predicted molar refractivity (Wildman–Crippen MR) is 89.8 cm³/mol. The first-order chi connectivity index (χ1) is 9.89. The van der Waals surface area contributed by atoms with Crippen molar-refractivity contribution < 1.29 is 4.74 Å². The lowest BCUT2D eigenvalue weighted by Gasteiger charge is -2.53. The van der Waals surface area contributed by atoms with E-state index in [0.717, 1.165) is 31.4 Å². The highest BCUT2D eigenvalue weighted by atomic mass is 16.5. The van der Waals surface area contributed by atoms with E-state index in [0.29, 0.717) is 0 Å². The number of hydrogen-bond donors (Lipinski definition) is 1. The maximum absolute atomic E-state index is 6.24. The molecule has 0 radical (unpaired) electrons. The van der Waals surface area contributed by atoms with E-state index < -0.39 is 0 Å². The Hall–Kier alpha value is -1.02. The molecule has 0 aromatic heterocycles. The first kappa shape index (κ1) is 16.4. The topological polar surface area (TPSA) is 35.2 Å². The van der Waals surface area contributed by atoms with Gasteiger partial charge in [0.05, 0.1) is 0 Å². The third-order valence-electron chi connectivity index (χ3n) is 5.96. The van der Waals surface area contributed by atoms with Gasteiger partial charge in [0, 0.05) is 17.9 Å². The summed E-state index contributed by atoms with van der Waals surface area (Å²) in [7, 11) is 0. The second kappa shape index (κ2) is 6.00. The average Bonchev–Trinajstić information content (AvgIpc) is 2.49. The third kappa shape index (κ3) is 2.83. The Balaban J connectivity index is 2.08. The van der Waals surface area contributed by atoms with Crippen LogP contribution in [0.2, 0.25) is 0 Å². The highest BCUT2D eigenvalue weighted by molar-refractivity contribution is 5.32. The van der Waals surface area contributed by atoms with Crippen molar-refractivity contribution in [1.29, 1.82) is 0 Å². The van der Waals surface area contributed by atoms with E-state index in [1.54, 1.807) is 0 Å². The van der Waals surface area contributed by atoms with Crippen LogP contribution in [0.5, 0.6) is 5.75 Å². The summed E-state index contributed by atoms with van der Waals surface area (Å²) in [4.78, 5) is 0. The van der Waals surface area contributed by atoms with Gasteiger partial charge in [-0.2, -0.15) is 0 Å². The fraction of sp³-hybridized carbons (Fsp3) is 0.684. The van der Waals surface area contributed by atoms with Gasteiger partial charge in [-0.3, -0.25) is 0 Å². The summed E-state index contributed by atoms with van der Waals surface area (Å²) in [6.07, 6.45) is 4.57. The summed E-state index contributed by atoms with van der Waals surface area (Å²) >= 11 is 0. The van der Waals surface area contributed by atoms with E-state index in [4.69, 9.17) is 10.5 Å². The highest BCUT2D eigenvalue weighted by Crippen LogP contribution is 2.47. The van der Waals surface area contributed by atoms with Crippen LogP contribution >= 0.6 is 0 Å². The quantitative estimate of drug-likeness (QED) is 0.826. The number of rotatable bonds is 6. The molecule has 2 nitrogen and oxygen atoms in total. The molecule has 2 atom stereocenters. The zero-order valence-electron chi connectivity index (χ0n) is 14.3. The molecule has 1 fully saturated rings. The molecule has 118 valence electrons. The van der Waals surface area contributed by atoms with Crippen molar-refractivity contribution in [3.8, 4) is 5.75 Å². The van der Waals surface area contributed by atoms with Crippen molar-refractivity contribution in [2.24, 2.45) is 11.1 Å². The molecule has 1 aliphatic carbocycles. The van der Waals surface area contributed by atoms with E-state index >= 15 is 0 Å². The van der Waals surface area contributed by atoms with Crippen LogP contribution in [0.3, 0.4) is 0 Å². The fourth-order valence-corrected chi connectivity index (χ4v) is 3.53. The van der Waals surface area contributed by atoms with E-state index in [9.17, 15) is 0 Å². The second-order valence-electron chi connectivity index (χ2n) is 7.15. The van der Waals surface area contributed by atoms with Crippen molar-refractivity contribution in [1.82, 2.24) is 0 Å². The molecule has 2 unspecified atom stereocenters. The highest BCUT2D eigenvalue weighted by Gasteiger charge is 2.52. The number of nitrogens with two attached hydrogens (primary N) is 1. The molecule has 1 aromatic carbocycles. The van der Waals surface area contributed by atoms with Crippen LogP contribution in [0.15, 0.2) is 24.3 Å². The van der Waals surface area contributed by atoms with Crippen molar-refractivity contribution >= 4 is 0 Å². The van der Waals surface area contributed by atoms with Gasteiger partial charge in [0.2, 0.25) is 0 Å². The molecule has 0 amide bonds. The van der Waals surface area contributed by atoms with Crippen molar-refractivity contribution in [3.63, 3.8) is 0 Å². The fourth-order valence-electron chi connectivity index (χ4n) is 3.53. The molecule has 2 rings (SSSR count). The van der Waals surface area contributed by atoms with Crippen LogP contribution in [0.1, 0.15) is 65.9 Å². The molecule has 0 heterocycles. The lowest BCUT2D eigenvalue weighted by molar-refractivity contribution is -0.0722. The Bertz CT molecular complexity index is 459. The first-order valence-corrected chi connectivity index (χ1v) is 8.42. The van der Waals surface area contributed by atoms with Gasteiger partial charge >= 0.3 is 0 Å². The predicted octanol–water partition coefficient (Wildman–Crippen LogP) is 4.66. The average molecular weight is 289 g/mol. The van der Waals surface area contributed by atoms with Crippen molar-refractivity contribution in [2.75, 3.05) is 0 Å². The smallest absolute Gasteiger partial charge is 0.119 e. The molecule has 1 aromatic rings. The van der Waals surface area contributed by atoms with Gasteiger partial charge in [0.25, 0.3) is 0 Å². The zero-order chi connectivity index (χ0) is 15.7. The monoisotopic (exact) mass is 289 g/mol. The van der Waals surface area contributed by atoms with Gasteiger partial charge < -0.3 is 10.5 Å². The Morgan fingerprint density at radius 2 is 1.71 bits per heavy atom. The zero-order valence-corrected chi connectivity index (χ0v) is 14.3.